The monoisotopic (exact) mass is 445 g/mol. The van der Waals surface area contributed by atoms with Gasteiger partial charge in [-0.05, 0) is 38.6 Å². The van der Waals surface area contributed by atoms with Gasteiger partial charge in [0.1, 0.15) is 11.5 Å². The molecule has 0 bridgehead atoms. The first-order valence-electron chi connectivity index (χ1n) is 11.5. The van der Waals surface area contributed by atoms with Gasteiger partial charge < -0.3 is 24.0 Å². The number of rotatable bonds is 10. The lowest BCUT2D eigenvalue weighted by molar-refractivity contribution is -0.127. The molecule has 2 fully saturated rings. The van der Waals surface area contributed by atoms with Gasteiger partial charge in [0, 0.05) is 58.0 Å². The number of likely N-dealkylation sites (N-methyl/N-ethyl adjacent to an activating group) is 1. The van der Waals surface area contributed by atoms with Gasteiger partial charge in [-0.25, -0.2) is 0 Å². The molecular weight excluding hydrogens is 410 g/mol. The van der Waals surface area contributed by atoms with Crippen LogP contribution in [0.2, 0.25) is 0 Å². The standard InChI is InChI=1S/C24H35N3O5/c1-3-31-20-5-6-21(22(28)7-8-24(29)27-12-10-25(2)11-13-27)23(19-20)32-16-4-9-26-14-17-30-18-15-26/h5-8,19H,3-4,9-18H2,1-2H3. The Hall–Kier alpha value is -2.42. The fourth-order valence-electron chi connectivity index (χ4n) is 3.75. The largest absolute Gasteiger partial charge is 0.494 e. The van der Waals surface area contributed by atoms with E-state index in [2.05, 4.69) is 9.80 Å². The van der Waals surface area contributed by atoms with E-state index >= 15 is 0 Å². The summed E-state index contributed by atoms with van der Waals surface area (Å²) < 4.78 is 16.9. The van der Waals surface area contributed by atoms with Crippen molar-refractivity contribution in [2.45, 2.75) is 13.3 Å². The van der Waals surface area contributed by atoms with Crippen molar-refractivity contribution in [3.05, 3.63) is 35.9 Å². The first-order valence-corrected chi connectivity index (χ1v) is 11.5. The van der Waals surface area contributed by atoms with E-state index in [1.807, 2.05) is 14.0 Å². The van der Waals surface area contributed by atoms with Gasteiger partial charge >= 0.3 is 0 Å². The molecular formula is C24H35N3O5. The van der Waals surface area contributed by atoms with Crippen LogP contribution in [0.3, 0.4) is 0 Å². The number of ketones is 1. The summed E-state index contributed by atoms with van der Waals surface area (Å²) in [6.45, 7) is 10.3. The van der Waals surface area contributed by atoms with E-state index in [0.717, 1.165) is 52.4 Å². The van der Waals surface area contributed by atoms with E-state index in [4.69, 9.17) is 14.2 Å². The lowest BCUT2D eigenvalue weighted by Crippen LogP contribution is -2.46. The van der Waals surface area contributed by atoms with Gasteiger partial charge in [-0.2, -0.15) is 0 Å². The van der Waals surface area contributed by atoms with Gasteiger partial charge in [-0.1, -0.05) is 0 Å². The fourth-order valence-corrected chi connectivity index (χ4v) is 3.75. The number of piperazine rings is 1. The summed E-state index contributed by atoms with van der Waals surface area (Å²) in [5.41, 5.74) is 0.433. The number of hydrogen-bond donors (Lipinski definition) is 0. The van der Waals surface area contributed by atoms with E-state index in [1.165, 1.54) is 12.2 Å². The molecule has 0 spiro atoms. The van der Waals surface area contributed by atoms with Crippen LogP contribution in [0.25, 0.3) is 0 Å². The Morgan fingerprint density at radius 1 is 1.03 bits per heavy atom. The number of amides is 1. The third-order valence-corrected chi connectivity index (χ3v) is 5.70. The van der Waals surface area contributed by atoms with Crippen molar-refractivity contribution >= 4 is 11.7 Å². The van der Waals surface area contributed by atoms with Crippen molar-refractivity contribution in [3.63, 3.8) is 0 Å². The molecule has 0 saturated carbocycles. The number of benzene rings is 1. The number of allylic oxidation sites excluding steroid dienone is 1. The molecule has 8 nitrogen and oxygen atoms in total. The van der Waals surface area contributed by atoms with E-state index in [9.17, 15) is 9.59 Å². The average Bonchev–Trinajstić information content (AvgIpc) is 2.81. The van der Waals surface area contributed by atoms with Crippen molar-refractivity contribution < 1.29 is 23.8 Å². The molecule has 0 radical (unpaired) electrons. The van der Waals surface area contributed by atoms with Crippen molar-refractivity contribution in [3.8, 4) is 11.5 Å². The van der Waals surface area contributed by atoms with Crippen LogP contribution in [-0.4, -0.2) is 106 Å². The highest BCUT2D eigenvalue weighted by molar-refractivity contribution is 6.09. The van der Waals surface area contributed by atoms with Crippen molar-refractivity contribution in [2.24, 2.45) is 0 Å². The van der Waals surface area contributed by atoms with Gasteiger partial charge in [0.25, 0.3) is 0 Å². The van der Waals surface area contributed by atoms with Gasteiger partial charge in [-0.3, -0.25) is 14.5 Å². The third kappa shape index (κ3) is 7.32. The quantitative estimate of drug-likeness (QED) is 0.308. The van der Waals surface area contributed by atoms with Gasteiger partial charge in [0.15, 0.2) is 5.78 Å². The first-order chi connectivity index (χ1) is 15.6. The Bertz CT molecular complexity index is 784. The van der Waals surface area contributed by atoms with Crippen LogP contribution in [-0.2, 0) is 9.53 Å². The molecule has 2 saturated heterocycles. The van der Waals surface area contributed by atoms with Crippen molar-refractivity contribution in [1.82, 2.24) is 14.7 Å². The molecule has 1 aromatic rings. The number of ether oxygens (including phenoxy) is 3. The maximum atomic E-state index is 12.8. The van der Waals surface area contributed by atoms with Crippen molar-refractivity contribution in [1.29, 1.82) is 0 Å². The number of morpholine rings is 1. The zero-order valence-corrected chi connectivity index (χ0v) is 19.3. The lowest BCUT2D eigenvalue weighted by Gasteiger charge is -2.31. The SMILES string of the molecule is CCOc1ccc(C(=O)C=CC(=O)N2CCN(C)CC2)c(OCCCN2CCOCC2)c1. The maximum absolute atomic E-state index is 12.8. The van der Waals surface area contributed by atoms with Crippen LogP contribution in [0.5, 0.6) is 11.5 Å². The lowest BCUT2D eigenvalue weighted by atomic mass is 10.1. The molecule has 1 aromatic carbocycles. The highest BCUT2D eigenvalue weighted by Gasteiger charge is 2.18. The summed E-state index contributed by atoms with van der Waals surface area (Å²) >= 11 is 0. The summed E-state index contributed by atoms with van der Waals surface area (Å²) in [4.78, 5) is 31.6. The van der Waals surface area contributed by atoms with Crippen LogP contribution in [0, 0.1) is 0 Å². The van der Waals surface area contributed by atoms with Gasteiger partial charge in [0.05, 0.1) is 32.0 Å². The number of nitrogens with zero attached hydrogens (tertiary/aromatic N) is 3. The second-order valence-electron chi connectivity index (χ2n) is 8.07. The predicted molar refractivity (Wildman–Crippen MR) is 123 cm³/mol. The molecule has 2 aliphatic rings. The molecule has 2 heterocycles. The summed E-state index contributed by atoms with van der Waals surface area (Å²) in [6.07, 6.45) is 3.56. The minimum atomic E-state index is -0.251. The number of hydrogen-bond acceptors (Lipinski definition) is 7. The Morgan fingerprint density at radius 3 is 2.50 bits per heavy atom. The molecule has 32 heavy (non-hydrogen) atoms. The summed E-state index contributed by atoms with van der Waals surface area (Å²) in [6, 6.07) is 5.21. The molecule has 1 amide bonds. The van der Waals surface area contributed by atoms with Gasteiger partial charge in [-0.15, -0.1) is 0 Å². The summed E-state index contributed by atoms with van der Waals surface area (Å²) in [5.74, 6) is 0.758. The molecule has 3 rings (SSSR count). The van der Waals surface area contributed by atoms with Gasteiger partial charge in [0.2, 0.25) is 5.91 Å². The van der Waals surface area contributed by atoms with Crippen LogP contribution in [0.15, 0.2) is 30.4 Å². The number of carbonyl (C=O) groups excluding carboxylic acids is 2. The molecule has 0 atom stereocenters. The van der Waals surface area contributed by atoms with Crippen LogP contribution < -0.4 is 9.47 Å². The molecule has 0 unspecified atom stereocenters. The second-order valence-corrected chi connectivity index (χ2v) is 8.07. The Kier molecular flexibility index (Phi) is 9.52. The number of carbonyl (C=O) groups is 2. The molecule has 176 valence electrons. The molecule has 0 aromatic heterocycles. The highest BCUT2D eigenvalue weighted by atomic mass is 16.5. The maximum Gasteiger partial charge on any atom is 0.246 e. The Morgan fingerprint density at radius 2 is 1.78 bits per heavy atom. The zero-order valence-electron chi connectivity index (χ0n) is 19.3. The molecule has 0 aliphatic carbocycles. The van der Waals surface area contributed by atoms with Crippen LogP contribution >= 0.6 is 0 Å². The normalized spacial score (nSPS) is 18.1. The van der Waals surface area contributed by atoms with E-state index < -0.39 is 0 Å². The van der Waals surface area contributed by atoms with E-state index in [0.29, 0.717) is 43.4 Å². The molecule has 2 aliphatic heterocycles. The van der Waals surface area contributed by atoms with E-state index in [1.54, 1.807) is 23.1 Å². The summed E-state index contributed by atoms with van der Waals surface area (Å²) in [5, 5.41) is 0. The molecule has 0 N–H and O–H groups in total. The third-order valence-electron chi connectivity index (χ3n) is 5.70. The fraction of sp³-hybridized carbons (Fsp3) is 0.583. The second kappa shape index (κ2) is 12.6. The minimum absolute atomic E-state index is 0.134. The van der Waals surface area contributed by atoms with Crippen molar-refractivity contribution in [2.75, 3.05) is 79.3 Å². The van der Waals surface area contributed by atoms with Crippen LogP contribution in [0.4, 0.5) is 0 Å². The minimum Gasteiger partial charge on any atom is -0.494 e. The van der Waals surface area contributed by atoms with E-state index in [-0.39, 0.29) is 11.7 Å². The van der Waals surface area contributed by atoms with Crippen LogP contribution in [0.1, 0.15) is 23.7 Å². The smallest absolute Gasteiger partial charge is 0.246 e. The Labute approximate surface area is 190 Å². The molecule has 8 heteroatoms. The topological polar surface area (TPSA) is 71.6 Å². The Balaban J connectivity index is 1.59. The zero-order chi connectivity index (χ0) is 22.8. The predicted octanol–water partition coefficient (Wildman–Crippen LogP) is 1.70. The highest BCUT2D eigenvalue weighted by Crippen LogP contribution is 2.26. The summed E-state index contributed by atoms with van der Waals surface area (Å²) in [7, 11) is 2.04. The first kappa shape index (κ1) is 24.2. The average molecular weight is 446 g/mol.